The van der Waals surface area contributed by atoms with E-state index < -0.39 is 0 Å². The second-order valence-electron chi connectivity index (χ2n) is 3.66. The maximum atomic E-state index is 11.4. The van der Waals surface area contributed by atoms with E-state index in [4.69, 9.17) is 0 Å². The Balaban J connectivity index is 2.36. The van der Waals surface area contributed by atoms with Crippen LogP contribution in [-0.2, 0) is 7.05 Å². The summed E-state index contributed by atoms with van der Waals surface area (Å²) in [5.74, 6) is 0.441. The second kappa shape index (κ2) is 4.74. The summed E-state index contributed by atoms with van der Waals surface area (Å²) in [6, 6.07) is 0. The van der Waals surface area contributed by atoms with Gasteiger partial charge in [-0.15, -0.1) is 5.10 Å². The maximum absolute atomic E-state index is 11.4. The lowest BCUT2D eigenvalue weighted by atomic mass is 10.1. The minimum atomic E-state index is -0.154. The first-order chi connectivity index (χ1) is 6.59. The number of nitrogens with one attached hydrogen (secondary N) is 1. The van der Waals surface area contributed by atoms with Gasteiger partial charge in [-0.2, -0.15) is 9.90 Å². The summed E-state index contributed by atoms with van der Waals surface area (Å²) in [5.41, 5.74) is 0.372. The Morgan fingerprint density at radius 1 is 1.64 bits per heavy atom. The van der Waals surface area contributed by atoms with Crippen LogP contribution < -0.4 is 5.32 Å². The number of carbonyl (C=O) groups excluding carboxylic acids is 1. The van der Waals surface area contributed by atoms with Crippen LogP contribution in [0.25, 0.3) is 0 Å². The van der Waals surface area contributed by atoms with E-state index in [1.54, 1.807) is 7.05 Å². The van der Waals surface area contributed by atoms with Crippen molar-refractivity contribution in [3.8, 4) is 0 Å². The van der Waals surface area contributed by atoms with E-state index in [2.05, 4.69) is 29.4 Å². The van der Waals surface area contributed by atoms with Crippen LogP contribution in [0, 0.1) is 5.92 Å². The molecule has 14 heavy (non-hydrogen) atoms. The van der Waals surface area contributed by atoms with Gasteiger partial charge in [-0.25, -0.2) is 0 Å². The molecule has 0 radical (unpaired) electrons. The monoisotopic (exact) mass is 196 g/mol. The molecule has 1 aromatic heterocycles. The summed E-state index contributed by atoms with van der Waals surface area (Å²) < 4.78 is 0. The van der Waals surface area contributed by atoms with Crippen molar-refractivity contribution >= 4 is 5.91 Å². The van der Waals surface area contributed by atoms with Gasteiger partial charge in [0.25, 0.3) is 5.91 Å². The summed E-state index contributed by atoms with van der Waals surface area (Å²) in [6.45, 7) is 4.93. The number of aryl methyl sites for hydroxylation is 1. The average molecular weight is 196 g/mol. The quantitative estimate of drug-likeness (QED) is 0.766. The second-order valence-corrected chi connectivity index (χ2v) is 3.66. The summed E-state index contributed by atoms with van der Waals surface area (Å²) >= 11 is 0. The van der Waals surface area contributed by atoms with Crippen molar-refractivity contribution in [3.05, 3.63) is 11.9 Å². The third-order valence-corrected chi connectivity index (χ3v) is 1.84. The molecule has 0 aromatic carbocycles. The molecule has 1 heterocycles. The molecule has 0 aliphatic rings. The average Bonchev–Trinajstić information content (AvgIpc) is 2.51. The number of nitrogens with zero attached hydrogens (tertiary/aromatic N) is 3. The fourth-order valence-electron chi connectivity index (χ4n) is 1.01. The van der Waals surface area contributed by atoms with Gasteiger partial charge in [0.2, 0.25) is 0 Å². The van der Waals surface area contributed by atoms with Crippen LogP contribution in [-0.4, -0.2) is 27.4 Å². The van der Waals surface area contributed by atoms with Crippen molar-refractivity contribution in [2.45, 2.75) is 20.3 Å². The first-order valence-electron chi connectivity index (χ1n) is 4.74. The number of rotatable bonds is 4. The minimum Gasteiger partial charge on any atom is -0.351 e. The molecular formula is C9H16N4O. The van der Waals surface area contributed by atoms with E-state index in [1.165, 1.54) is 11.0 Å². The van der Waals surface area contributed by atoms with Crippen LogP contribution in [0.1, 0.15) is 30.8 Å². The summed E-state index contributed by atoms with van der Waals surface area (Å²) in [5, 5.41) is 10.5. The fraction of sp³-hybridized carbons (Fsp3) is 0.667. The van der Waals surface area contributed by atoms with Crippen molar-refractivity contribution in [1.29, 1.82) is 0 Å². The van der Waals surface area contributed by atoms with Gasteiger partial charge in [0, 0.05) is 13.6 Å². The maximum Gasteiger partial charge on any atom is 0.273 e. The highest BCUT2D eigenvalue weighted by Crippen LogP contribution is 1.97. The Kier molecular flexibility index (Phi) is 3.62. The van der Waals surface area contributed by atoms with Gasteiger partial charge in [0.1, 0.15) is 0 Å². The van der Waals surface area contributed by atoms with Crippen LogP contribution in [0.5, 0.6) is 0 Å². The molecule has 5 heteroatoms. The molecule has 0 aliphatic carbocycles. The Bertz CT molecular complexity index is 306. The molecular weight excluding hydrogens is 180 g/mol. The van der Waals surface area contributed by atoms with Crippen LogP contribution in [0.3, 0.4) is 0 Å². The van der Waals surface area contributed by atoms with Crippen LogP contribution in [0.2, 0.25) is 0 Å². The Labute approximate surface area is 83.5 Å². The van der Waals surface area contributed by atoms with E-state index in [-0.39, 0.29) is 5.91 Å². The predicted octanol–water partition coefficient (Wildman–Crippen LogP) is 0.591. The lowest BCUT2D eigenvalue weighted by Gasteiger charge is -2.04. The van der Waals surface area contributed by atoms with Crippen molar-refractivity contribution in [2.75, 3.05) is 6.54 Å². The number of carbonyl (C=O) groups is 1. The van der Waals surface area contributed by atoms with Crippen LogP contribution in [0.15, 0.2) is 6.20 Å². The molecule has 1 aromatic rings. The van der Waals surface area contributed by atoms with Crippen molar-refractivity contribution < 1.29 is 4.79 Å². The topological polar surface area (TPSA) is 59.8 Å². The molecule has 1 N–H and O–H groups in total. The normalized spacial score (nSPS) is 10.6. The molecule has 1 rings (SSSR count). The summed E-state index contributed by atoms with van der Waals surface area (Å²) in [4.78, 5) is 12.8. The zero-order valence-electron chi connectivity index (χ0n) is 8.82. The highest BCUT2D eigenvalue weighted by atomic mass is 16.2. The standard InChI is InChI=1S/C9H16N4O/c1-7(2)4-5-10-9(14)8-6-11-13(3)12-8/h6-7H,4-5H2,1-3H3,(H,10,14). The molecule has 5 nitrogen and oxygen atoms in total. The molecule has 0 aliphatic heterocycles. The van der Waals surface area contributed by atoms with Gasteiger partial charge >= 0.3 is 0 Å². The SMILES string of the molecule is CC(C)CCNC(=O)c1cnn(C)n1. The predicted molar refractivity (Wildman–Crippen MR) is 52.8 cm³/mol. The van der Waals surface area contributed by atoms with E-state index >= 15 is 0 Å². The smallest absolute Gasteiger partial charge is 0.273 e. The molecule has 78 valence electrons. The van der Waals surface area contributed by atoms with Gasteiger partial charge in [-0.05, 0) is 12.3 Å². The van der Waals surface area contributed by atoms with Gasteiger partial charge in [0.05, 0.1) is 6.20 Å². The number of amides is 1. The number of hydrogen-bond donors (Lipinski definition) is 1. The van der Waals surface area contributed by atoms with Crippen molar-refractivity contribution in [2.24, 2.45) is 13.0 Å². The van der Waals surface area contributed by atoms with E-state index in [9.17, 15) is 4.79 Å². The minimum absolute atomic E-state index is 0.154. The molecule has 0 saturated carbocycles. The molecule has 0 fully saturated rings. The van der Waals surface area contributed by atoms with Gasteiger partial charge in [0.15, 0.2) is 5.69 Å². The number of aromatic nitrogens is 3. The lowest BCUT2D eigenvalue weighted by Crippen LogP contribution is -2.25. The lowest BCUT2D eigenvalue weighted by molar-refractivity contribution is 0.0946. The third-order valence-electron chi connectivity index (χ3n) is 1.84. The van der Waals surface area contributed by atoms with Gasteiger partial charge in [-0.1, -0.05) is 13.8 Å². The highest BCUT2D eigenvalue weighted by molar-refractivity contribution is 5.91. The zero-order valence-corrected chi connectivity index (χ0v) is 8.82. The van der Waals surface area contributed by atoms with Crippen molar-refractivity contribution in [1.82, 2.24) is 20.3 Å². The molecule has 0 unspecified atom stereocenters. The van der Waals surface area contributed by atoms with Gasteiger partial charge < -0.3 is 5.32 Å². The Hall–Kier alpha value is -1.39. The highest BCUT2D eigenvalue weighted by Gasteiger charge is 2.08. The van der Waals surface area contributed by atoms with Crippen LogP contribution >= 0.6 is 0 Å². The molecule has 0 saturated heterocycles. The largest absolute Gasteiger partial charge is 0.351 e. The summed E-state index contributed by atoms with van der Waals surface area (Å²) in [7, 11) is 1.69. The number of hydrogen-bond acceptors (Lipinski definition) is 3. The first kappa shape index (κ1) is 10.7. The van der Waals surface area contributed by atoms with Gasteiger partial charge in [-0.3, -0.25) is 4.79 Å². The fourth-order valence-corrected chi connectivity index (χ4v) is 1.01. The van der Waals surface area contributed by atoms with E-state index in [1.807, 2.05) is 0 Å². The first-order valence-corrected chi connectivity index (χ1v) is 4.74. The Morgan fingerprint density at radius 2 is 2.36 bits per heavy atom. The zero-order chi connectivity index (χ0) is 10.6. The molecule has 1 amide bonds. The third kappa shape index (κ3) is 3.16. The molecule has 0 bridgehead atoms. The molecule has 0 spiro atoms. The summed E-state index contributed by atoms with van der Waals surface area (Å²) in [6.07, 6.45) is 2.44. The molecule has 0 atom stereocenters. The van der Waals surface area contributed by atoms with Crippen LogP contribution in [0.4, 0.5) is 0 Å². The van der Waals surface area contributed by atoms with E-state index in [0.717, 1.165) is 6.42 Å². The Morgan fingerprint density at radius 3 is 2.86 bits per heavy atom. The van der Waals surface area contributed by atoms with Crippen molar-refractivity contribution in [3.63, 3.8) is 0 Å². The van der Waals surface area contributed by atoms with E-state index in [0.29, 0.717) is 18.2 Å².